The SMILES string of the molecule is COc1ccc(CSCC(=O)NCc2cccc3c2OCCO3)cc1[N+](=O)[O-]. The molecule has 0 unspecified atom stereocenters. The number of nitrogens with one attached hydrogen (secondary N) is 1. The molecular weight excluding hydrogens is 384 g/mol. The summed E-state index contributed by atoms with van der Waals surface area (Å²) in [6.45, 7) is 1.35. The van der Waals surface area contributed by atoms with Gasteiger partial charge in [0.05, 0.1) is 17.8 Å². The Kier molecular flexibility index (Phi) is 6.59. The largest absolute Gasteiger partial charge is 0.490 e. The first kappa shape index (κ1) is 19.8. The molecular formula is C19H20N2O6S. The van der Waals surface area contributed by atoms with Crippen molar-refractivity contribution in [3.05, 3.63) is 57.6 Å². The van der Waals surface area contributed by atoms with Gasteiger partial charge in [0, 0.05) is 23.9 Å². The van der Waals surface area contributed by atoms with Crippen molar-refractivity contribution < 1.29 is 23.9 Å². The van der Waals surface area contributed by atoms with Crippen LogP contribution >= 0.6 is 11.8 Å². The first-order valence-electron chi connectivity index (χ1n) is 8.61. The van der Waals surface area contributed by atoms with Crippen LogP contribution in [-0.2, 0) is 17.1 Å². The summed E-state index contributed by atoms with van der Waals surface area (Å²) in [5.41, 5.74) is 1.54. The summed E-state index contributed by atoms with van der Waals surface area (Å²) in [6, 6.07) is 10.4. The average molecular weight is 404 g/mol. The highest BCUT2D eigenvalue weighted by Gasteiger charge is 2.17. The summed E-state index contributed by atoms with van der Waals surface area (Å²) in [6.07, 6.45) is 0. The third kappa shape index (κ3) is 4.86. The molecule has 1 aliphatic heterocycles. The molecule has 1 aliphatic rings. The molecule has 28 heavy (non-hydrogen) atoms. The van der Waals surface area contributed by atoms with Crippen LogP contribution in [0.25, 0.3) is 0 Å². The Morgan fingerprint density at radius 3 is 2.89 bits per heavy atom. The lowest BCUT2D eigenvalue weighted by atomic mass is 10.1. The average Bonchev–Trinajstić information content (AvgIpc) is 2.72. The first-order valence-corrected chi connectivity index (χ1v) is 9.77. The zero-order valence-electron chi connectivity index (χ0n) is 15.3. The molecule has 0 spiro atoms. The van der Waals surface area contributed by atoms with Gasteiger partial charge in [-0.2, -0.15) is 0 Å². The summed E-state index contributed by atoms with van der Waals surface area (Å²) < 4.78 is 16.1. The van der Waals surface area contributed by atoms with Crippen LogP contribution in [-0.4, -0.2) is 36.9 Å². The molecule has 2 aromatic rings. The lowest BCUT2D eigenvalue weighted by Gasteiger charge is -2.21. The van der Waals surface area contributed by atoms with E-state index in [1.807, 2.05) is 18.2 Å². The number of ether oxygens (including phenoxy) is 3. The molecule has 0 radical (unpaired) electrons. The Morgan fingerprint density at radius 1 is 1.29 bits per heavy atom. The van der Waals surface area contributed by atoms with E-state index in [0.717, 1.165) is 11.1 Å². The van der Waals surface area contributed by atoms with E-state index in [1.165, 1.54) is 24.9 Å². The second-order valence-electron chi connectivity index (χ2n) is 5.97. The summed E-state index contributed by atoms with van der Waals surface area (Å²) >= 11 is 1.38. The standard InChI is InChI=1S/C19H20N2O6S/c1-25-16-6-5-13(9-15(16)21(23)24)11-28-12-18(22)20-10-14-3-2-4-17-19(14)27-8-7-26-17/h2-6,9H,7-8,10-12H2,1H3,(H,20,22). The highest BCUT2D eigenvalue weighted by atomic mass is 32.2. The van der Waals surface area contributed by atoms with Crippen molar-refractivity contribution in [1.29, 1.82) is 0 Å². The van der Waals surface area contributed by atoms with Crippen LogP contribution in [0, 0.1) is 10.1 Å². The fraction of sp³-hybridized carbons (Fsp3) is 0.316. The quantitative estimate of drug-likeness (QED) is 0.533. The maximum Gasteiger partial charge on any atom is 0.311 e. The van der Waals surface area contributed by atoms with Crippen LogP contribution in [0.4, 0.5) is 5.69 Å². The Balaban J connectivity index is 1.49. The molecule has 1 heterocycles. The fourth-order valence-electron chi connectivity index (χ4n) is 2.75. The molecule has 148 valence electrons. The second-order valence-corrected chi connectivity index (χ2v) is 6.96. The molecule has 0 saturated carbocycles. The van der Waals surface area contributed by atoms with Crippen LogP contribution in [0.2, 0.25) is 0 Å². The predicted molar refractivity (Wildman–Crippen MR) is 105 cm³/mol. The van der Waals surface area contributed by atoms with Crippen molar-refractivity contribution in [1.82, 2.24) is 5.32 Å². The highest BCUT2D eigenvalue weighted by Crippen LogP contribution is 2.33. The molecule has 8 nitrogen and oxygen atoms in total. The third-order valence-corrected chi connectivity index (χ3v) is 5.07. The van der Waals surface area contributed by atoms with Crippen LogP contribution in [0.1, 0.15) is 11.1 Å². The number of benzene rings is 2. The number of carbonyl (C=O) groups is 1. The maximum absolute atomic E-state index is 12.1. The minimum atomic E-state index is -0.480. The summed E-state index contributed by atoms with van der Waals surface area (Å²) in [4.78, 5) is 22.7. The number of fused-ring (bicyclic) bond motifs is 1. The van der Waals surface area contributed by atoms with Crippen molar-refractivity contribution in [3.63, 3.8) is 0 Å². The molecule has 0 fully saturated rings. The molecule has 1 amide bonds. The summed E-state index contributed by atoms with van der Waals surface area (Å²) in [5, 5.41) is 13.9. The van der Waals surface area contributed by atoms with Crippen LogP contribution in [0.5, 0.6) is 17.2 Å². The van der Waals surface area contributed by atoms with E-state index < -0.39 is 4.92 Å². The van der Waals surface area contributed by atoms with E-state index in [2.05, 4.69) is 5.32 Å². The highest BCUT2D eigenvalue weighted by molar-refractivity contribution is 7.99. The molecule has 3 rings (SSSR count). The summed E-state index contributed by atoms with van der Waals surface area (Å²) in [5.74, 6) is 2.18. The number of nitro benzene ring substituents is 1. The lowest BCUT2D eigenvalue weighted by Crippen LogP contribution is -2.25. The number of nitrogens with zero attached hydrogens (tertiary/aromatic N) is 1. The van der Waals surface area contributed by atoms with Gasteiger partial charge in [-0.25, -0.2) is 0 Å². The Morgan fingerprint density at radius 2 is 2.11 bits per heavy atom. The van der Waals surface area contributed by atoms with Gasteiger partial charge in [-0.05, 0) is 17.7 Å². The number of hydrogen-bond donors (Lipinski definition) is 1. The van der Waals surface area contributed by atoms with Gasteiger partial charge in [0.25, 0.3) is 0 Å². The Labute approximate surface area is 166 Å². The number of carbonyl (C=O) groups excluding carboxylic acids is 1. The second kappa shape index (κ2) is 9.32. The van der Waals surface area contributed by atoms with Gasteiger partial charge in [0.1, 0.15) is 13.2 Å². The molecule has 0 aliphatic carbocycles. The van der Waals surface area contributed by atoms with Crippen molar-refractivity contribution in [2.75, 3.05) is 26.1 Å². The van der Waals surface area contributed by atoms with Gasteiger partial charge >= 0.3 is 5.69 Å². The van der Waals surface area contributed by atoms with Gasteiger partial charge < -0.3 is 19.5 Å². The molecule has 2 aromatic carbocycles. The van der Waals surface area contributed by atoms with Gasteiger partial charge in [-0.15, -0.1) is 11.8 Å². The number of thioether (sulfide) groups is 1. The summed E-state index contributed by atoms with van der Waals surface area (Å²) in [7, 11) is 1.39. The van der Waals surface area contributed by atoms with Crippen LogP contribution < -0.4 is 19.5 Å². The Hall–Kier alpha value is -2.94. The lowest BCUT2D eigenvalue weighted by molar-refractivity contribution is -0.385. The predicted octanol–water partition coefficient (Wildman–Crippen LogP) is 2.92. The van der Waals surface area contributed by atoms with Crippen molar-refractivity contribution >= 4 is 23.4 Å². The van der Waals surface area contributed by atoms with E-state index in [9.17, 15) is 14.9 Å². The topological polar surface area (TPSA) is 99.9 Å². The van der Waals surface area contributed by atoms with Crippen molar-refractivity contribution in [2.24, 2.45) is 0 Å². The molecule has 0 saturated heterocycles. The first-order chi connectivity index (χ1) is 13.6. The van der Waals surface area contributed by atoms with E-state index in [0.29, 0.717) is 37.0 Å². The van der Waals surface area contributed by atoms with Gasteiger partial charge in [0.15, 0.2) is 17.2 Å². The minimum absolute atomic E-state index is 0.0823. The number of nitro groups is 1. The zero-order valence-corrected chi connectivity index (χ0v) is 16.1. The zero-order chi connectivity index (χ0) is 19.9. The van der Waals surface area contributed by atoms with Gasteiger partial charge in [-0.1, -0.05) is 18.2 Å². The number of methoxy groups -OCH3 is 1. The minimum Gasteiger partial charge on any atom is -0.490 e. The maximum atomic E-state index is 12.1. The molecule has 1 N–H and O–H groups in total. The Bertz CT molecular complexity index is 873. The van der Waals surface area contributed by atoms with E-state index in [1.54, 1.807) is 12.1 Å². The van der Waals surface area contributed by atoms with E-state index >= 15 is 0 Å². The number of para-hydroxylation sites is 1. The normalized spacial score (nSPS) is 12.3. The third-order valence-electron chi connectivity index (χ3n) is 4.07. The van der Waals surface area contributed by atoms with E-state index in [-0.39, 0.29) is 23.1 Å². The van der Waals surface area contributed by atoms with Crippen molar-refractivity contribution in [2.45, 2.75) is 12.3 Å². The van der Waals surface area contributed by atoms with Crippen LogP contribution in [0.15, 0.2) is 36.4 Å². The monoisotopic (exact) mass is 404 g/mol. The van der Waals surface area contributed by atoms with Crippen molar-refractivity contribution in [3.8, 4) is 17.2 Å². The smallest absolute Gasteiger partial charge is 0.311 e. The molecule has 0 aromatic heterocycles. The molecule has 0 atom stereocenters. The number of rotatable bonds is 8. The van der Waals surface area contributed by atoms with Gasteiger partial charge in [-0.3, -0.25) is 14.9 Å². The van der Waals surface area contributed by atoms with Gasteiger partial charge in [0.2, 0.25) is 5.91 Å². The number of amides is 1. The number of hydrogen-bond acceptors (Lipinski definition) is 7. The van der Waals surface area contributed by atoms with E-state index in [4.69, 9.17) is 14.2 Å². The molecule has 0 bridgehead atoms. The van der Waals surface area contributed by atoms with Crippen LogP contribution in [0.3, 0.4) is 0 Å². The fourth-order valence-corrected chi connectivity index (χ4v) is 3.55. The molecule has 9 heteroatoms.